The van der Waals surface area contributed by atoms with Gasteiger partial charge in [-0.15, -0.1) is 0 Å². The Morgan fingerprint density at radius 3 is 2.40 bits per heavy atom. The second-order valence-corrected chi connectivity index (χ2v) is 4.41. The zero-order chi connectivity index (χ0) is 13.8. The first-order chi connectivity index (χ1) is 9.81. The van der Waals surface area contributed by atoms with Crippen LogP contribution in [-0.4, -0.2) is 5.11 Å². The van der Waals surface area contributed by atoms with Gasteiger partial charge in [0.2, 0.25) is 0 Å². The average molecular weight is 261 g/mol. The molecular formula is C18H13O2. The number of phenolic OH excluding ortho intramolecular Hbond substituents is 1. The summed E-state index contributed by atoms with van der Waals surface area (Å²) in [5.41, 5.74) is 1.92. The molecule has 1 N–H and O–H groups in total. The van der Waals surface area contributed by atoms with Crippen molar-refractivity contribution in [2.45, 2.75) is 0 Å². The zero-order valence-electron chi connectivity index (χ0n) is 10.8. The standard InChI is InChI=1S/C18H13O2/c19-16-8-4-6-14(12-16)15-7-5-11-18(13-15)20-17-9-2-1-3-10-17/h1-10,12-13,19H. The van der Waals surface area contributed by atoms with Crippen LogP contribution in [0.4, 0.5) is 0 Å². The average Bonchev–Trinajstić information content (AvgIpc) is 2.49. The zero-order valence-corrected chi connectivity index (χ0v) is 10.8. The minimum atomic E-state index is 0.251. The largest absolute Gasteiger partial charge is 0.508 e. The summed E-state index contributed by atoms with van der Waals surface area (Å²) < 4.78 is 5.75. The minimum absolute atomic E-state index is 0.251. The quantitative estimate of drug-likeness (QED) is 0.743. The van der Waals surface area contributed by atoms with Crippen LogP contribution in [0.15, 0.2) is 72.8 Å². The number of para-hydroxylation sites is 1. The van der Waals surface area contributed by atoms with Crippen molar-refractivity contribution in [1.82, 2.24) is 0 Å². The van der Waals surface area contributed by atoms with E-state index in [9.17, 15) is 5.11 Å². The van der Waals surface area contributed by atoms with E-state index >= 15 is 0 Å². The summed E-state index contributed by atoms with van der Waals surface area (Å²) in [6.07, 6.45) is 0. The Bertz CT molecular complexity index is 705. The Morgan fingerprint density at radius 2 is 1.60 bits per heavy atom. The number of benzene rings is 3. The molecule has 2 nitrogen and oxygen atoms in total. The molecule has 0 aromatic heterocycles. The number of phenols is 1. The molecule has 0 fully saturated rings. The predicted octanol–water partition coefficient (Wildman–Crippen LogP) is 4.65. The highest BCUT2D eigenvalue weighted by molar-refractivity contribution is 5.66. The Balaban J connectivity index is 1.90. The summed E-state index contributed by atoms with van der Waals surface area (Å²) >= 11 is 0. The molecule has 0 spiro atoms. The second-order valence-electron chi connectivity index (χ2n) is 4.41. The Kier molecular flexibility index (Phi) is 3.38. The molecule has 0 atom stereocenters. The van der Waals surface area contributed by atoms with Crippen LogP contribution in [-0.2, 0) is 0 Å². The van der Waals surface area contributed by atoms with Crippen molar-refractivity contribution in [3.63, 3.8) is 0 Å². The molecule has 0 aliphatic carbocycles. The first-order valence-corrected chi connectivity index (χ1v) is 6.35. The van der Waals surface area contributed by atoms with Gasteiger partial charge in [-0.25, -0.2) is 0 Å². The summed E-state index contributed by atoms with van der Waals surface area (Å²) in [5, 5.41) is 9.54. The Labute approximate surface area is 117 Å². The maximum absolute atomic E-state index is 9.54. The van der Waals surface area contributed by atoms with Gasteiger partial charge >= 0.3 is 0 Å². The van der Waals surface area contributed by atoms with Gasteiger partial charge in [0.1, 0.15) is 17.2 Å². The molecular weight excluding hydrogens is 248 g/mol. The molecule has 0 bridgehead atoms. The van der Waals surface area contributed by atoms with Crippen LogP contribution < -0.4 is 4.74 Å². The van der Waals surface area contributed by atoms with Crippen LogP contribution >= 0.6 is 0 Å². The van der Waals surface area contributed by atoms with E-state index in [2.05, 4.69) is 6.07 Å². The molecule has 0 saturated heterocycles. The molecule has 97 valence electrons. The van der Waals surface area contributed by atoms with Crippen LogP contribution in [0.2, 0.25) is 0 Å². The molecule has 3 aromatic carbocycles. The molecule has 0 aliphatic rings. The number of hydrogen-bond acceptors (Lipinski definition) is 2. The van der Waals surface area contributed by atoms with Gasteiger partial charge in [-0.05, 0) is 47.5 Å². The summed E-state index contributed by atoms with van der Waals surface area (Å²) in [7, 11) is 0. The van der Waals surface area contributed by atoms with Crippen molar-refractivity contribution in [3.05, 3.63) is 78.9 Å². The fourth-order valence-electron chi connectivity index (χ4n) is 1.98. The third-order valence-corrected chi connectivity index (χ3v) is 2.93. The lowest BCUT2D eigenvalue weighted by Crippen LogP contribution is -1.85. The lowest BCUT2D eigenvalue weighted by atomic mass is 10.1. The topological polar surface area (TPSA) is 29.5 Å². The van der Waals surface area contributed by atoms with E-state index in [1.165, 1.54) is 0 Å². The minimum Gasteiger partial charge on any atom is -0.508 e. The van der Waals surface area contributed by atoms with Gasteiger partial charge in [-0.3, -0.25) is 0 Å². The van der Waals surface area contributed by atoms with E-state index in [4.69, 9.17) is 4.74 Å². The van der Waals surface area contributed by atoms with Gasteiger partial charge < -0.3 is 9.84 Å². The number of ether oxygens (including phenoxy) is 1. The molecule has 0 unspecified atom stereocenters. The maximum atomic E-state index is 9.54. The monoisotopic (exact) mass is 261 g/mol. The van der Waals surface area contributed by atoms with Gasteiger partial charge in [0.05, 0.1) is 0 Å². The lowest BCUT2D eigenvalue weighted by molar-refractivity contribution is 0.475. The SMILES string of the molecule is Oc1cccc(-c2cc[c]c(Oc3ccccc3)c2)c1. The van der Waals surface area contributed by atoms with Gasteiger partial charge in [0, 0.05) is 6.07 Å². The Hall–Kier alpha value is -2.74. The highest BCUT2D eigenvalue weighted by Gasteiger charge is 2.02. The maximum Gasteiger partial charge on any atom is 0.136 e. The van der Waals surface area contributed by atoms with Gasteiger partial charge in [-0.1, -0.05) is 36.4 Å². The number of hydrogen-bond donors (Lipinski definition) is 1. The third-order valence-electron chi connectivity index (χ3n) is 2.93. The normalized spacial score (nSPS) is 10.2. The van der Waals surface area contributed by atoms with E-state index in [1.54, 1.807) is 12.1 Å². The molecule has 3 aromatic rings. The first-order valence-electron chi connectivity index (χ1n) is 6.35. The molecule has 0 saturated carbocycles. The van der Waals surface area contributed by atoms with Crippen LogP contribution in [0, 0.1) is 6.07 Å². The van der Waals surface area contributed by atoms with Crippen molar-refractivity contribution in [2.75, 3.05) is 0 Å². The predicted molar refractivity (Wildman–Crippen MR) is 78.9 cm³/mol. The number of rotatable bonds is 3. The van der Waals surface area contributed by atoms with Gasteiger partial charge in [-0.2, -0.15) is 0 Å². The van der Waals surface area contributed by atoms with E-state index in [1.807, 2.05) is 60.7 Å². The molecule has 0 aliphatic heterocycles. The van der Waals surface area contributed by atoms with Crippen molar-refractivity contribution in [3.8, 4) is 28.4 Å². The van der Waals surface area contributed by atoms with Crippen LogP contribution in [0.25, 0.3) is 11.1 Å². The molecule has 0 amide bonds. The van der Waals surface area contributed by atoms with E-state index < -0.39 is 0 Å². The fourth-order valence-corrected chi connectivity index (χ4v) is 1.98. The first kappa shape index (κ1) is 12.3. The summed E-state index contributed by atoms with van der Waals surface area (Å²) in [6.45, 7) is 0. The molecule has 2 heteroatoms. The molecule has 20 heavy (non-hydrogen) atoms. The van der Waals surface area contributed by atoms with Gasteiger partial charge in [0.15, 0.2) is 0 Å². The highest BCUT2D eigenvalue weighted by Crippen LogP contribution is 2.28. The smallest absolute Gasteiger partial charge is 0.136 e. The van der Waals surface area contributed by atoms with E-state index in [0.29, 0.717) is 5.75 Å². The van der Waals surface area contributed by atoms with Gasteiger partial charge in [0.25, 0.3) is 0 Å². The lowest BCUT2D eigenvalue weighted by Gasteiger charge is -2.07. The van der Waals surface area contributed by atoms with Crippen LogP contribution in [0.5, 0.6) is 17.2 Å². The molecule has 0 heterocycles. The summed E-state index contributed by atoms with van der Waals surface area (Å²) in [6, 6.07) is 25.4. The molecule has 1 radical (unpaired) electrons. The number of aromatic hydroxyl groups is 1. The fraction of sp³-hybridized carbons (Fsp3) is 0. The van der Waals surface area contributed by atoms with Crippen molar-refractivity contribution >= 4 is 0 Å². The summed E-state index contributed by atoms with van der Waals surface area (Å²) in [4.78, 5) is 0. The van der Waals surface area contributed by atoms with Crippen LogP contribution in [0.1, 0.15) is 0 Å². The highest BCUT2D eigenvalue weighted by atomic mass is 16.5. The third kappa shape index (κ3) is 2.81. The van der Waals surface area contributed by atoms with Crippen molar-refractivity contribution in [1.29, 1.82) is 0 Å². The second kappa shape index (κ2) is 5.49. The van der Waals surface area contributed by atoms with E-state index in [0.717, 1.165) is 16.9 Å². The van der Waals surface area contributed by atoms with Crippen molar-refractivity contribution in [2.24, 2.45) is 0 Å². The van der Waals surface area contributed by atoms with Crippen LogP contribution in [0.3, 0.4) is 0 Å². The van der Waals surface area contributed by atoms with E-state index in [-0.39, 0.29) is 5.75 Å². The Morgan fingerprint density at radius 1 is 0.800 bits per heavy atom. The molecule has 3 rings (SSSR count). The van der Waals surface area contributed by atoms with Crippen molar-refractivity contribution < 1.29 is 9.84 Å². The summed E-state index contributed by atoms with van der Waals surface area (Å²) in [5.74, 6) is 1.68.